The molecule has 3 aliphatic heterocycles. The van der Waals surface area contributed by atoms with Crippen molar-refractivity contribution in [2.24, 2.45) is 5.92 Å². The molecule has 236 valence electrons. The van der Waals surface area contributed by atoms with Crippen molar-refractivity contribution in [2.75, 3.05) is 38.1 Å². The minimum Gasteiger partial charge on any atom is -0.493 e. The zero-order valence-electron chi connectivity index (χ0n) is 29.0. The molecule has 4 aliphatic rings. The summed E-state index contributed by atoms with van der Waals surface area (Å²) in [4.78, 5) is 16.6. The molecule has 1 aliphatic carbocycles. The number of hydrogen-bond donors (Lipinski definition) is 0. The lowest BCUT2D eigenvalue weighted by Gasteiger charge is -2.31. The average Bonchev–Trinajstić information content (AvgIpc) is 3.40. The highest BCUT2D eigenvalue weighted by atomic mass is 19.2. The van der Waals surface area contributed by atoms with E-state index in [-0.39, 0.29) is 51.9 Å². The second-order valence-electron chi connectivity index (χ2n) is 12.4. The number of benzene rings is 2. The van der Waals surface area contributed by atoms with Crippen LogP contribution >= 0.6 is 0 Å². The van der Waals surface area contributed by atoms with Gasteiger partial charge in [-0.05, 0) is 43.7 Å². The lowest BCUT2D eigenvalue weighted by molar-refractivity contribution is 0.107. The number of hydrogen-bond acceptors (Lipinski definition) is 7. The van der Waals surface area contributed by atoms with Crippen LogP contribution in [0.5, 0.6) is 11.8 Å². The number of anilines is 1. The molecule has 0 spiro atoms. The van der Waals surface area contributed by atoms with Crippen LogP contribution in [0, 0.1) is 23.4 Å². The van der Waals surface area contributed by atoms with Crippen molar-refractivity contribution in [3.05, 3.63) is 47.9 Å². The molecule has 0 amide bonds. The number of aromatic nitrogens is 3. The molecule has 7 nitrogen and oxygen atoms in total. The fourth-order valence-corrected chi connectivity index (χ4v) is 7.64. The molecule has 1 saturated carbocycles. The highest BCUT2D eigenvalue weighted by molar-refractivity contribution is 6.02. The van der Waals surface area contributed by atoms with E-state index in [0.29, 0.717) is 38.8 Å². The fraction of sp³-hybridized carbons (Fsp3) is 0.485. The third kappa shape index (κ3) is 4.50. The summed E-state index contributed by atoms with van der Waals surface area (Å²) < 4.78 is 128. The van der Waals surface area contributed by atoms with E-state index < -0.39 is 72.4 Å². The number of pyridine rings is 1. The summed E-state index contributed by atoms with van der Waals surface area (Å²) in [5.74, 6) is -5.18. The number of fused-ring (bicyclic) bond motifs is 4. The van der Waals surface area contributed by atoms with E-state index in [1.54, 1.807) is 9.80 Å². The van der Waals surface area contributed by atoms with Crippen LogP contribution < -0.4 is 14.4 Å². The molecule has 4 fully saturated rings. The summed E-state index contributed by atoms with van der Waals surface area (Å²) in [5.41, 5.74) is -2.25. The monoisotopic (exact) mass is 630 g/mol. The molecule has 8 rings (SSSR count). The van der Waals surface area contributed by atoms with Crippen molar-refractivity contribution in [1.29, 1.82) is 0 Å². The van der Waals surface area contributed by atoms with Crippen molar-refractivity contribution in [3.8, 4) is 23.0 Å². The summed E-state index contributed by atoms with van der Waals surface area (Å²) in [6, 6.07) is 3.85. The summed E-state index contributed by atoms with van der Waals surface area (Å²) in [6.45, 7) is -1.61. The van der Waals surface area contributed by atoms with Gasteiger partial charge in [0.15, 0.2) is 17.4 Å². The van der Waals surface area contributed by atoms with Crippen LogP contribution in [0.4, 0.5) is 27.8 Å². The Morgan fingerprint density at radius 2 is 2.00 bits per heavy atom. The first-order valence-electron chi connectivity index (χ1n) is 17.6. The first-order valence-corrected chi connectivity index (χ1v) is 15.1. The highest BCUT2D eigenvalue weighted by Gasteiger charge is 2.56. The van der Waals surface area contributed by atoms with Crippen LogP contribution in [-0.4, -0.2) is 77.0 Å². The van der Waals surface area contributed by atoms with E-state index in [9.17, 15) is 8.78 Å². The van der Waals surface area contributed by atoms with Crippen LogP contribution in [-0.2, 0) is 0 Å². The SMILES string of the molecule is [2H]C([2H])([2H])Oc1c(F)c(F)cc2cccc(-c3ncc4c(N5CCCC[C@H]6[C@H](F)[C@H]65)nc(OC([2H])([2H])[C@@]56CCCN5C[C@H](F)C6)nc4c3F)c12. The molecule has 0 radical (unpaired) electrons. The average molecular weight is 631 g/mol. The summed E-state index contributed by atoms with van der Waals surface area (Å²) >= 11 is 0. The molecular formula is C33H32F5N5O2. The van der Waals surface area contributed by atoms with Gasteiger partial charge < -0.3 is 14.4 Å². The van der Waals surface area contributed by atoms with Gasteiger partial charge >= 0.3 is 6.01 Å². The number of nitrogens with zero attached hydrogens (tertiary/aromatic N) is 5. The van der Waals surface area contributed by atoms with E-state index in [4.69, 9.17) is 16.3 Å². The Morgan fingerprint density at radius 1 is 1.11 bits per heavy atom. The van der Waals surface area contributed by atoms with Gasteiger partial charge in [-0.1, -0.05) is 24.6 Å². The molecule has 0 N–H and O–H groups in total. The van der Waals surface area contributed by atoms with Crippen molar-refractivity contribution < 1.29 is 38.3 Å². The first-order chi connectivity index (χ1) is 23.7. The van der Waals surface area contributed by atoms with Gasteiger partial charge in [0, 0.05) is 42.6 Å². The number of ether oxygens (including phenoxy) is 2. The van der Waals surface area contributed by atoms with Crippen LogP contribution in [0.3, 0.4) is 0 Å². The Hall–Kier alpha value is -3.80. The zero-order chi connectivity index (χ0) is 35.3. The predicted octanol–water partition coefficient (Wildman–Crippen LogP) is 6.55. The third-order valence-electron chi connectivity index (χ3n) is 9.80. The topological polar surface area (TPSA) is 63.6 Å². The van der Waals surface area contributed by atoms with E-state index in [2.05, 4.69) is 15.0 Å². The maximum atomic E-state index is 17.0. The lowest BCUT2D eigenvalue weighted by atomic mass is 9.95. The molecule has 2 aromatic carbocycles. The van der Waals surface area contributed by atoms with E-state index >= 15 is 13.2 Å². The van der Waals surface area contributed by atoms with Gasteiger partial charge in [-0.25, -0.2) is 17.6 Å². The second kappa shape index (κ2) is 10.6. The molecule has 3 saturated heterocycles. The van der Waals surface area contributed by atoms with Crippen LogP contribution in [0.25, 0.3) is 32.9 Å². The maximum absolute atomic E-state index is 17.0. The molecular weight excluding hydrogens is 593 g/mol. The molecule has 12 heteroatoms. The molecule has 4 aromatic rings. The quantitative estimate of drug-likeness (QED) is 0.224. The Morgan fingerprint density at radius 3 is 2.87 bits per heavy atom. The lowest BCUT2D eigenvalue weighted by Crippen LogP contribution is -2.43. The van der Waals surface area contributed by atoms with Crippen molar-refractivity contribution in [1.82, 2.24) is 19.9 Å². The van der Waals surface area contributed by atoms with Gasteiger partial charge in [0.25, 0.3) is 0 Å². The number of alkyl halides is 2. The number of methoxy groups -OCH3 is 1. The predicted molar refractivity (Wildman–Crippen MR) is 159 cm³/mol. The minimum atomic E-state index is -3.19. The Balaban J connectivity index is 1.32. The number of halogens is 5. The smallest absolute Gasteiger partial charge is 0.319 e. The Labute approximate surface area is 263 Å². The second-order valence-corrected chi connectivity index (χ2v) is 12.4. The summed E-state index contributed by atoms with van der Waals surface area (Å²) in [7, 11) is -3.19. The maximum Gasteiger partial charge on any atom is 0.319 e. The largest absolute Gasteiger partial charge is 0.493 e. The Bertz CT molecular complexity index is 2020. The number of rotatable bonds is 6. The van der Waals surface area contributed by atoms with Gasteiger partial charge in [0.05, 0.1) is 30.9 Å². The Kier molecular flexibility index (Phi) is 5.56. The summed E-state index contributed by atoms with van der Waals surface area (Å²) in [5, 5.41) is -0.184. The van der Waals surface area contributed by atoms with Crippen LogP contribution in [0.15, 0.2) is 30.5 Å². The van der Waals surface area contributed by atoms with Gasteiger partial charge in [-0.2, -0.15) is 14.4 Å². The zero-order valence-corrected chi connectivity index (χ0v) is 24.0. The van der Waals surface area contributed by atoms with Crippen molar-refractivity contribution in [3.63, 3.8) is 0 Å². The van der Waals surface area contributed by atoms with E-state index in [0.717, 1.165) is 12.5 Å². The van der Waals surface area contributed by atoms with Crippen molar-refractivity contribution in [2.45, 2.75) is 62.4 Å². The molecule has 5 atom stereocenters. The standard InChI is InChI=1S/C33H32F5N5O2/c1-44-30-23-17(12-22(35)25(30)37)6-4-8-19(23)27-26(38)28-21(14-39-27)31(43-11-3-2-7-20-24(36)29(20)43)41-32(40-28)45-16-33-9-5-10-42(33)15-18(34)13-33/h4,6,8,12,14,18,20,24,29H,2-3,5,7,9-11,13,15-16H2,1H3/t18-,20+,24+,29+,33+/m1/s1/i1D3,16D2. The summed E-state index contributed by atoms with van der Waals surface area (Å²) in [6.07, 6.45) is 1.79. The fourth-order valence-electron chi connectivity index (χ4n) is 7.64. The van der Waals surface area contributed by atoms with Crippen molar-refractivity contribution >= 4 is 27.5 Å². The minimum absolute atomic E-state index is 0.00368. The normalized spacial score (nSPS) is 30.2. The molecule has 2 aromatic heterocycles. The van der Waals surface area contributed by atoms with E-state index in [1.807, 2.05) is 0 Å². The highest BCUT2D eigenvalue weighted by Crippen LogP contribution is 2.48. The van der Waals surface area contributed by atoms with Crippen LogP contribution in [0.1, 0.15) is 45.4 Å². The molecule has 0 bridgehead atoms. The van der Waals surface area contributed by atoms with Crippen LogP contribution in [0.2, 0.25) is 0 Å². The van der Waals surface area contributed by atoms with Gasteiger partial charge in [-0.15, -0.1) is 0 Å². The first kappa shape index (κ1) is 23.5. The molecule has 0 unspecified atom stereocenters. The van der Waals surface area contributed by atoms with E-state index in [1.165, 1.54) is 24.4 Å². The van der Waals surface area contributed by atoms with Gasteiger partial charge in [0.1, 0.15) is 35.9 Å². The van der Waals surface area contributed by atoms with Gasteiger partial charge in [0.2, 0.25) is 5.82 Å². The molecule has 5 heterocycles. The molecule has 45 heavy (non-hydrogen) atoms. The third-order valence-corrected chi connectivity index (χ3v) is 9.80. The van der Waals surface area contributed by atoms with Gasteiger partial charge in [-0.3, -0.25) is 9.88 Å².